The number of halogens is 2. The number of hydrogen-bond acceptors (Lipinski definition) is 1. The fourth-order valence-corrected chi connectivity index (χ4v) is 1.52. The summed E-state index contributed by atoms with van der Waals surface area (Å²) in [6.45, 7) is 3.78. The number of rotatable bonds is 3. The van der Waals surface area contributed by atoms with Crippen molar-refractivity contribution in [1.82, 2.24) is 4.90 Å². The number of carbonyl (C=O) groups excluding carboxylic acids is 1. The molecule has 0 bridgehead atoms. The molecule has 2 nitrogen and oxygen atoms in total. The van der Waals surface area contributed by atoms with Crippen LogP contribution in [-0.4, -0.2) is 29.8 Å². The van der Waals surface area contributed by atoms with Crippen molar-refractivity contribution in [2.75, 3.05) is 13.1 Å². The molecule has 1 heterocycles. The van der Waals surface area contributed by atoms with Crippen LogP contribution in [-0.2, 0) is 4.79 Å². The maximum absolute atomic E-state index is 12.8. The van der Waals surface area contributed by atoms with Gasteiger partial charge in [-0.2, -0.15) is 0 Å². The van der Waals surface area contributed by atoms with Gasteiger partial charge in [-0.3, -0.25) is 4.79 Å². The molecule has 0 saturated carbocycles. The van der Waals surface area contributed by atoms with Crippen LogP contribution in [0.2, 0.25) is 0 Å². The van der Waals surface area contributed by atoms with E-state index in [0.717, 1.165) is 6.42 Å². The van der Waals surface area contributed by atoms with Crippen molar-refractivity contribution in [1.29, 1.82) is 0 Å². The Balaban J connectivity index is 2.40. The van der Waals surface area contributed by atoms with Crippen LogP contribution in [0.5, 0.6) is 0 Å². The van der Waals surface area contributed by atoms with Crippen LogP contribution in [0, 0.1) is 5.92 Å². The summed E-state index contributed by atoms with van der Waals surface area (Å²) in [5.74, 6) is -2.50. The van der Waals surface area contributed by atoms with Crippen LogP contribution < -0.4 is 0 Å². The third kappa shape index (κ3) is 2.93. The Kier molecular flexibility index (Phi) is 3.45. The second-order valence-corrected chi connectivity index (χ2v) is 4.14. The van der Waals surface area contributed by atoms with Crippen molar-refractivity contribution in [3.63, 3.8) is 0 Å². The highest BCUT2D eigenvalue weighted by Crippen LogP contribution is 2.27. The van der Waals surface area contributed by atoms with Gasteiger partial charge in [0, 0.05) is 19.4 Å². The molecule has 1 fully saturated rings. The topological polar surface area (TPSA) is 20.3 Å². The summed E-state index contributed by atoms with van der Waals surface area (Å²) < 4.78 is 25.6. The summed E-state index contributed by atoms with van der Waals surface area (Å²) in [4.78, 5) is 12.8. The smallest absolute Gasteiger partial charge is 0.267 e. The Bertz CT molecular complexity index is 218. The lowest BCUT2D eigenvalue weighted by molar-refractivity contribution is -0.132. The minimum Gasteiger partial charge on any atom is -0.336 e. The van der Waals surface area contributed by atoms with Crippen molar-refractivity contribution in [3.8, 4) is 0 Å². The van der Waals surface area contributed by atoms with Crippen molar-refractivity contribution in [2.45, 2.75) is 39.0 Å². The van der Waals surface area contributed by atoms with Crippen LogP contribution in [0.15, 0.2) is 0 Å². The van der Waals surface area contributed by atoms with Crippen molar-refractivity contribution < 1.29 is 13.6 Å². The quantitative estimate of drug-likeness (QED) is 0.692. The van der Waals surface area contributed by atoms with Crippen molar-refractivity contribution in [3.05, 3.63) is 0 Å². The van der Waals surface area contributed by atoms with E-state index in [4.69, 9.17) is 0 Å². The summed E-state index contributed by atoms with van der Waals surface area (Å²) >= 11 is 0. The van der Waals surface area contributed by atoms with E-state index in [-0.39, 0.29) is 31.3 Å². The molecular weight excluding hydrogens is 188 g/mol. The molecule has 82 valence electrons. The second-order valence-electron chi connectivity index (χ2n) is 4.14. The molecule has 0 aromatic rings. The van der Waals surface area contributed by atoms with E-state index in [9.17, 15) is 13.6 Å². The number of hydrogen-bond donors (Lipinski definition) is 0. The molecule has 14 heavy (non-hydrogen) atoms. The third-order valence-electron chi connectivity index (χ3n) is 2.74. The minimum absolute atomic E-state index is 0.128. The number of nitrogens with zero attached hydrogens (tertiary/aromatic N) is 1. The molecule has 1 aliphatic heterocycles. The predicted octanol–water partition coefficient (Wildman–Crippen LogP) is 2.29. The highest BCUT2D eigenvalue weighted by molar-refractivity contribution is 5.76. The zero-order chi connectivity index (χ0) is 10.8. The summed E-state index contributed by atoms with van der Waals surface area (Å²) in [5, 5.41) is 0. The molecule has 1 aliphatic rings. The summed E-state index contributed by atoms with van der Waals surface area (Å²) in [5.41, 5.74) is 0. The van der Waals surface area contributed by atoms with Gasteiger partial charge in [0.05, 0.1) is 6.54 Å². The number of likely N-dealkylation sites (tertiary alicyclic amines) is 1. The molecule has 1 atom stereocenters. The standard InChI is InChI=1S/C10H17F2NO/c1-3-8(2)6-9(14)13-5-4-10(11,12)7-13/h8H,3-7H2,1-2H3. The minimum atomic E-state index is -2.66. The van der Waals surface area contributed by atoms with Crippen LogP contribution in [0.1, 0.15) is 33.1 Å². The zero-order valence-electron chi connectivity index (χ0n) is 8.72. The largest absolute Gasteiger partial charge is 0.336 e. The Hall–Kier alpha value is -0.670. The fraction of sp³-hybridized carbons (Fsp3) is 0.900. The van der Waals surface area contributed by atoms with E-state index in [1.54, 1.807) is 0 Å². The molecule has 1 rings (SSSR count). The van der Waals surface area contributed by atoms with Crippen LogP contribution >= 0.6 is 0 Å². The number of amides is 1. The predicted molar refractivity (Wildman–Crippen MR) is 50.2 cm³/mol. The first-order valence-corrected chi connectivity index (χ1v) is 5.10. The molecule has 0 spiro atoms. The van der Waals surface area contributed by atoms with E-state index >= 15 is 0 Å². The molecular formula is C10H17F2NO. The normalized spacial score (nSPS) is 22.4. The SMILES string of the molecule is CCC(C)CC(=O)N1CCC(F)(F)C1. The Morgan fingerprint density at radius 2 is 2.21 bits per heavy atom. The van der Waals surface area contributed by atoms with E-state index in [1.807, 2.05) is 13.8 Å². The summed E-state index contributed by atoms with van der Waals surface area (Å²) in [6.07, 6.45) is 1.13. The molecule has 1 unspecified atom stereocenters. The van der Waals surface area contributed by atoms with E-state index in [0.29, 0.717) is 6.42 Å². The van der Waals surface area contributed by atoms with Gasteiger partial charge < -0.3 is 4.90 Å². The summed E-state index contributed by atoms with van der Waals surface area (Å²) in [7, 11) is 0. The molecule has 0 aromatic heterocycles. The molecule has 0 radical (unpaired) electrons. The Morgan fingerprint density at radius 3 is 2.64 bits per heavy atom. The lowest BCUT2D eigenvalue weighted by Crippen LogP contribution is -2.32. The molecule has 0 aromatic carbocycles. The fourth-order valence-electron chi connectivity index (χ4n) is 1.52. The van der Waals surface area contributed by atoms with Gasteiger partial charge in [-0.25, -0.2) is 8.78 Å². The van der Waals surface area contributed by atoms with Crippen molar-refractivity contribution in [2.24, 2.45) is 5.92 Å². The van der Waals surface area contributed by atoms with E-state index in [1.165, 1.54) is 4.90 Å². The van der Waals surface area contributed by atoms with Crippen molar-refractivity contribution >= 4 is 5.91 Å². The van der Waals surface area contributed by atoms with Crippen LogP contribution in [0.25, 0.3) is 0 Å². The molecule has 0 N–H and O–H groups in total. The van der Waals surface area contributed by atoms with Gasteiger partial charge in [0.15, 0.2) is 0 Å². The van der Waals surface area contributed by atoms with Gasteiger partial charge >= 0.3 is 0 Å². The Labute approximate surface area is 83.3 Å². The van der Waals surface area contributed by atoms with Crippen LogP contribution in [0.3, 0.4) is 0 Å². The van der Waals surface area contributed by atoms with Crippen LogP contribution in [0.4, 0.5) is 8.78 Å². The number of carbonyl (C=O) groups is 1. The van der Waals surface area contributed by atoms with Gasteiger partial charge in [0.2, 0.25) is 5.91 Å². The molecule has 1 saturated heterocycles. The van der Waals surface area contributed by atoms with Gasteiger partial charge in [-0.1, -0.05) is 20.3 Å². The maximum Gasteiger partial charge on any atom is 0.267 e. The van der Waals surface area contributed by atoms with Gasteiger partial charge in [0.1, 0.15) is 0 Å². The lowest BCUT2D eigenvalue weighted by atomic mass is 10.0. The van der Waals surface area contributed by atoms with Gasteiger partial charge in [0.25, 0.3) is 5.92 Å². The lowest BCUT2D eigenvalue weighted by Gasteiger charge is -2.17. The first-order valence-electron chi connectivity index (χ1n) is 5.10. The first-order chi connectivity index (χ1) is 6.44. The summed E-state index contributed by atoms with van der Waals surface area (Å²) in [6, 6.07) is 0. The van der Waals surface area contributed by atoms with Gasteiger partial charge in [-0.05, 0) is 5.92 Å². The first kappa shape index (κ1) is 11.4. The van der Waals surface area contributed by atoms with E-state index < -0.39 is 5.92 Å². The molecule has 1 amide bonds. The molecule has 4 heteroatoms. The maximum atomic E-state index is 12.8. The monoisotopic (exact) mass is 205 g/mol. The molecule has 0 aliphatic carbocycles. The number of alkyl halides is 2. The Morgan fingerprint density at radius 1 is 1.57 bits per heavy atom. The average molecular weight is 205 g/mol. The zero-order valence-corrected chi connectivity index (χ0v) is 8.72. The highest BCUT2D eigenvalue weighted by Gasteiger charge is 2.40. The highest BCUT2D eigenvalue weighted by atomic mass is 19.3. The van der Waals surface area contributed by atoms with E-state index in [2.05, 4.69) is 0 Å². The second kappa shape index (κ2) is 4.24. The van der Waals surface area contributed by atoms with Gasteiger partial charge in [-0.15, -0.1) is 0 Å². The third-order valence-corrected chi connectivity index (χ3v) is 2.74. The average Bonchev–Trinajstić information content (AvgIpc) is 2.46.